The van der Waals surface area contributed by atoms with Gasteiger partial charge in [0.25, 0.3) is 0 Å². The van der Waals surface area contributed by atoms with Crippen molar-refractivity contribution >= 4 is 16.6 Å². The predicted octanol–water partition coefficient (Wildman–Crippen LogP) is 5.82. The van der Waals surface area contributed by atoms with Crippen LogP contribution in [0.1, 0.15) is 27.9 Å². The second-order valence-electron chi connectivity index (χ2n) is 6.81. The van der Waals surface area contributed by atoms with Gasteiger partial charge in [-0.3, -0.25) is 4.98 Å². The van der Waals surface area contributed by atoms with E-state index in [9.17, 15) is 13.2 Å². The summed E-state index contributed by atoms with van der Waals surface area (Å²) in [4.78, 5) is 11.9. The third-order valence-electron chi connectivity index (χ3n) is 4.90. The molecule has 0 saturated heterocycles. The van der Waals surface area contributed by atoms with Crippen LogP contribution < -0.4 is 0 Å². The number of halogens is 3. The molecule has 0 aliphatic carbocycles. The smallest absolute Gasteiger partial charge is 0.346 e. The summed E-state index contributed by atoms with van der Waals surface area (Å²) in [5.41, 5.74) is 4.65. The molecule has 0 spiro atoms. The van der Waals surface area contributed by atoms with Crippen molar-refractivity contribution in [1.29, 1.82) is 0 Å². The molecule has 0 amide bonds. The maximum Gasteiger partial charge on any atom is 0.416 e. The first kappa shape index (κ1) is 18.9. The van der Waals surface area contributed by atoms with Crippen LogP contribution in [0.4, 0.5) is 13.2 Å². The zero-order valence-corrected chi connectivity index (χ0v) is 15.5. The van der Waals surface area contributed by atoms with Crippen molar-refractivity contribution in [2.24, 2.45) is 0 Å². The molecule has 146 valence electrons. The van der Waals surface area contributed by atoms with Gasteiger partial charge in [-0.2, -0.15) is 13.2 Å². The Morgan fingerprint density at radius 2 is 1.76 bits per heavy atom. The van der Waals surface area contributed by atoms with Gasteiger partial charge in [0.05, 0.1) is 5.56 Å². The number of benzene rings is 1. The Morgan fingerprint density at radius 3 is 2.45 bits per heavy atom. The highest BCUT2D eigenvalue weighted by molar-refractivity contribution is 5.94. The summed E-state index contributed by atoms with van der Waals surface area (Å²) in [6.45, 7) is 4.19. The van der Waals surface area contributed by atoms with Gasteiger partial charge in [0.15, 0.2) is 0 Å². The Bertz CT molecular complexity index is 1140. The van der Waals surface area contributed by atoms with Crippen LogP contribution in [0.25, 0.3) is 16.6 Å². The molecule has 4 rings (SSSR count). The minimum atomic E-state index is -4.31. The Hall–Kier alpha value is -3.41. The second-order valence-corrected chi connectivity index (χ2v) is 6.81. The van der Waals surface area contributed by atoms with E-state index in [1.165, 1.54) is 12.1 Å². The molecule has 0 radical (unpaired) electrons. The highest BCUT2D eigenvalue weighted by atomic mass is 19.4. The number of hydrogen-bond donors (Lipinski definition) is 1. The Morgan fingerprint density at radius 1 is 0.966 bits per heavy atom. The first-order chi connectivity index (χ1) is 13.9. The monoisotopic (exact) mass is 393 g/mol. The van der Waals surface area contributed by atoms with Crippen molar-refractivity contribution in [2.75, 3.05) is 0 Å². The lowest BCUT2D eigenvalue weighted by molar-refractivity contribution is -0.137. The lowest BCUT2D eigenvalue weighted by atomic mass is 10.0. The molecule has 0 fully saturated rings. The van der Waals surface area contributed by atoms with Crippen molar-refractivity contribution in [2.45, 2.75) is 19.0 Å². The number of aromatic nitrogens is 3. The molecule has 0 saturated carbocycles. The first-order valence-corrected chi connectivity index (χ1v) is 9.14. The lowest BCUT2D eigenvalue weighted by Crippen LogP contribution is -2.04. The number of hydrogen-bond acceptors (Lipinski definition) is 2. The normalized spacial score (nSPS) is 11.7. The van der Waals surface area contributed by atoms with Gasteiger partial charge < -0.3 is 4.98 Å². The molecule has 1 aromatic carbocycles. The quantitative estimate of drug-likeness (QED) is 0.464. The second kappa shape index (κ2) is 7.54. The van der Waals surface area contributed by atoms with E-state index in [2.05, 4.69) is 21.5 Å². The van der Waals surface area contributed by atoms with E-state index in [0.29, 0.717) is 12.8 Å². The fraction of sp³-hybridized carbons (Fsp3) is 0.130. The molecular formula is C23H18F3N3. The van der Waals surface area contributed by atoms with E-state index in [0.717, 1.165) is 51.1 Å². The molecule has 0 bridgehead atoms. The molecule has 0 aliphatic rings. The third-order valence-corrected chi connectivity index (χ3v) is 4.90. The van der Waals surface area contributed by atoms with E-state index >= 15 is 0 Å². The number of alkyl halides is 3. The number of pyridine rings is 2. The maximum atomic E-state index is 12.6. The summed E-state index contributed by atoms with van der Waals surface area (Å²) in [6, 6.07) is 13.0. The fourth-order valence-electron chi connectivity index (χ4n) is 3.24. The molecule has 3 aromatic heterocycles. The molecule has 3 nitrogen and oxygen atoms in total. The van der Waals surface area contributed by atoms with Crippen molar-refractivity contribution in [1.82, 2.24) is 15.0 Å². The molecule has 0 atom stereocenters. The van der Waals surface area contributed by atoms with E-state index in [1.54, 1.807) is 12.4 Å². The van der Waals surface area contributed by atoms with Gasteiger partial charge in [-0.1, -0.05) is 24.8 Å². The average molecular weight is 393 g/mol. The van der Waals surface area contributed by atoms with Crippen molar-refractivity contribution in [3.05, 3.63) is 102 Å². The van der Waals surface area contributed by atoms with Gasteiger partial charge in [0.1, 0.15) is 5.65 Å². The summed E-state index contributed by atoms with van der Waals surface area (Å²) in [7, 11) is 0. The number of fused-ring (bicyclic) bond motifs is 1. The molecule has 0 unspecified atom stereocenters. The molecule has 0 aliphatic heterocycles. The maximum absolute atomic E-state index is 12.6. The van der Waals surface area contributed by atoms with Crippen LogP contribution >= 0.6 is 0 Å². The van der Waals surface area contributed by atoms with Crippen LogP contribution in [0.5, 0.6) is 0 Å². The van der Waals surface area contributed by atoms with Crippen molar-refractivity contribution in [3.63, 3.8) is 0 Å². The first-order valence-electron chi connectivity index (χ1n) is 9.14. The Labute approximate surface area is 166 Å². The number of aromatic amines is 1. The molecule has 6 heteroatoms. The number of nitrogens with one attached hydrogen (secondary N) is 1. The van der Waals surface area contributed by atoms with Crippen LogP contribution in [0.3, 0.4) is 0 Å². The van der Waals surface area contributed by atoms with Crippen LogP contribution in [0.15, 0.2) is 73.7 Å². The van der Waals surface area contributed by atoms with Gasteiger partial charge in [-0.05, 0) is 54.3 Å². The van der Waals surface area contributed by atoms with Crippen molar-refractivity contribution in [3.8, 4) is 0 Å². The zero-order valence-electron chi connectivity index (χ0n) is 15.5. The SMILES string of the molecule is C=C(c1ccc(CCc2ccc(C(F)(F)F)cc2)nc1)c1c[nH]c2ncccc12. The van der Waals surface area contributed by atoms with Crippen LogP contribution in [0.2, 0.25) is 0 Å². The van der Waals surface area contributed by atoms with Gasteiger partial charge in [0.2, 0.25) is 0 Å². The highest BCUT2D eigenvalue weighted by Gasteiger charge is 2.29. The Kier molecular flexibility index (Phi) is 4.92. The number of nitrogens with zero attached hydrogens (tertiary/aromatic N) is 2. The van der Waals surface area contributed by atoms with Crippen LogP contribution in [0, 0.1) is 0 Å². The number of rotatable bonds is 5. The third kappa shape index (κ3) is 4.06. The summed E-state index contributed by atoms with van der Waals surface area (Å²) < 4.78 is 37.9. The van der Waals surface area contributed by atoms with E-state index < -0.39 is 11.7 Å². The lowest BCUT2D eigenvalue weighted by Gasteiger charge is -2.08. The molecule has 29 heavy (non-hydrogen) atoms. The van der Waals surface area contributed by atoms with Gasteiger partial charge >= 0.3 is 6.18 Å². The van der Waals surface area contributed by atoms with Crippen molar-refractivity contribution < 1.29 is 13.2 Å². The largest absolute Gasteiger partial charge is 0.416 e. The molecule has 1 N–H and O–H groups in total. The predicted molar refractivity (Wildman–Crippen MR) is 107 cm³/mol. The minimum absolute atomic E-state index is 0.625. The van der Waals surface area contributed by atoms with E-state index in [-0.39, 0.29) is 0 Å². The van der Waals surface area contributed by atoms with Crippen LogP contribution in [-0.4, -0.2) is 15.0 Å². The van der Waals surface area contributed by atoms with E-state index in [1.807, 2.05) is 30.5 Å². The summed E-state index contributed by atoms with van der Waals surface area (Å²) >= 11 is 0. The summed E-state index contributed by atoms with van der Waals surface area (Å²) in [6.07, 6.45) is 2.37. The van der Waals surface area contributed by atoms with Gasteiger partial charge in [0, 0.05) is 40.8 Å². The average Bonchev–Trinajstić information content (AvgIpc) is 3.16. The molecule has 3 heterocycles. The fourth-order valence-corrected chi connectivity index (χ4v) is 3.24. The van der Waals surface area contributed by atoms with E-state index in [4.69, 9.17) is 0 Å². The zero-order chi connectivity index (χ0) is 20.4. The number of aryl methyl sites for hydroxylation is 2. The Balaban J connectivity index is 1.43. The number of H-pyrrole nitrogens is 1. The topological polar surface area (TPSA) is 41.6 Å². The minimum Gasteiger partial charge on any atom is -0.346 e. The summed E-state index contributed by atoms with van der Waals surface area (Å²) in [5, 5.41) is 1.00. The summed E-state index contributed by atoms with van der Waals surface area (Å²) in [5.74, 6) is 0. The highest BCUT2D eigenvalue weighted by Crippen LogP contribution is 2.29. The standard InChI is InChI=1S/C23H18F3N3/c1-15(21-14-29-22-20(21)3-2-12-27-22)17-7-11-19(28-13-17)10-6-16-4-8-18(9-5-16)23(24,25)26/h2-5,7-9,11-14H,1,6,10H2,(H,27,29). The van der Waals surface area contributed by atoms with Gasteiger partial charge in [-0.25, -0.2) is 4.98 Å². The van der Waals surface area contributed by atoms with Crippen LogP contribution in [-0.2, 0) is 19.0 Å². The molecule has 4 aromatic rings. The van der Waals surface area contributed by atoms with Gasteiger partial charge in [-0.15, -0.1) is 0 Å². The molecular weight excluding hydrogens is 375 g/mol.